The average molecular weight is 571 g/mol. The lowest BCUT2D eigenvalue weighted by Gasteiger charge is -2.35. The Balaban J connectivity index is 1.43. The van der Waals surface area contributed by atoms with Gasteiger partial charge in [-0.25, -0.2) is 0 Å². The summed E-state index contributed by atoms with van der Waals surface area (Å²) in [6, 6.07) is 17.8. The molecule has 0 atom stereocenters. The number of benzene rings is 2. The maximum absolute atomic E-state index is 11.8. The fourth-order valence-electron chi connectivity index (χ4n) is 3.80. The number of aromatic nitrogens is 2. The Morgan fingerprint density at radius 2 is 1.76 bits per heavy atom. The number of nitrogens with one attached hydrogen (secondary N) is 2. The second kappa shape index (κ2) is 10.7. The molecular formula is C24H26IN7O2. The minimum atomic E-state index is -0.640. The molecule has 1 aliphatic heterocycles. The van der Waals surface area contributed by atoms with Crippen LogP contribution in [0.15, 0.2) is 54.6 Å². The lowest BCUT2D eigenvalue weighted by atomic mass is 10.2. The maximum Gasteiger partial charge on any atom is 0.271 e. The van der Waals surface area contributed by atoms with Crippen molar-refractivity contribution < 1.29 is 9.59 Å². The SMILES string of the molecule is CC(=O)N1CCN(c2ccc(Nc3cc(NCc4cccc(I)c4)c(C(N)=O)nn3)cc2)CC1. The number of carbonyl (C=O) groups excluding carboxylic acids is 2. The van der Waals surface area contributed by atoms with E-state index in [4.69, 9.17) is 5.73 Å². The molecule has 1 fully saturated rings. The summed E-state index contributed by atoms with van der Waals surface area (Å²) in [5.74, 6) is -0.0218. The molecule has 34 heavy (non-hydrogen) atoms. The van der Waals surface area contributed by atoms with Crippen LogP contribution in [0.2, 0.25) is 0 Å². The highest BCUT2D eigenvalue weighted by atomic mass is 127. The molecule has 0 bridgehead atoms. The highest BCUT2D eigenvalue weighted by Gasteiger charge is 2.19. The van der Waals surface area contributed by atoms with Crippen LogP contribution in [0.5, 0.6) is 0 Å². The Bertz CT molecular complexity index is 1180. The summed E-state index contributed by atoms with van der Waals surface area (Å²) >= 11 is 2.26. The van der Waals surface area contributed by atoms with Gasteiger partial charge in [-0.15, -0.1) is 10.2 Å². The van der Waals surface area contributed by atoms with E-state index in [2.05, 4.69) is 54.4 Å². The van der Waals surface area contributed by atoms with Crippen LogP contribution in [-0.4, -0.2) is 53.1 Å². The number of nitrogens with zero attached hydrogens (tertiary/aromatic N) is 4. The largest absolute Gasteiger partial charge is 0.379 e. The van der Waals surface area contributed by atoms with Crippen LogP contribution in [0.3, 0.4) is 0 Å². The Hall–Kier alpha value is -3.41. The van der Waals surface area contributed by atoms with Crippen molar-refractivity contribution in [3.63, 3.8) is 0 Å². The Morgan fingerprint density at radius 3 is 2.41 bits per heavy atom. The van der Waals surface area contributed by atoms with E-state index in [9.17, 15) is 9.59 Å². The standard InChI is InChI=1S/C24H26IN7O2/c1-16(33)31-9-11-32(12-10-31)20-7-5-19(6-8-20)28-22-14-21(23(24(26)34)30-29-22)27-15-17-3-2-4-18(25)13-17/h2-8,13-14H,9-12,15H2,1H3,(H2,26,34)(H2,27,28,29). The molecule has 0 aliphatic carbocycles. The van der Waals surface area contributed by atoms with E-state index in [0.717, 1.165) is 46.7 Å². The van der Waals surface area contributed by atoms with E-state index in [1.165, 1.54) is 0 Å². The molecule has 176 valence electrons. The van der Waals surface area contributed by atoms with E-state index in [0.29, 0.717) is 18.1 Å². The molecule has 1 aliphatic rings. The lowest BCUT2D eigenvalue weighted by molar-refractivity contribution is -0.129. The molecular weight excluding hydrogens is 545 g/mol. The first kappa shape index (κ1) is 23.7. The molecule has 0 spiro atoms. The predicted molar refractivity (Wildman–Crippen MR) is 141 cm³/mol. The zero-order valence-electron chi connectivity index (χ0n) is 18.8. The van der Waals surface area contributed by atoms with Crippen molar-refractivity contribution >= 4 is 57.3 Å². The van der Waals surface area contributed by atoms with Gasteiger partial charge in [-0.2, -0.15) is 0 Å². The summed E-state index contributed by atoms with van der Waals surface area (Å²) in [7, 11) is 0. The second-order valence-electron chi connectivity index (χ2n) is 8.00. The smallest absolute Gasteiger partial charge is 0.271 e. The molecule has 10 heteroatoms. The number of anilines is 4. The van der Waals surface area contributed by atoms with Crippen molar-refractivity contribution in [2.45, 2.75) is 13.5 Å². The summed E-state index contributed by atoms with van der Waals surface area (Å²) in [6.07, 6.45) is 0. The number of halogens is 1. The highest BCUT2D eigenvalue weighted by Crippen LogP contribution is 2.24. The van der Waals surface area contributed by atoms with Gasteiger partial charge >= 0.3 is 0 Å². The van der Waals surface area contributed by atoms with Gasteiger partial charge in [0.15, 0.2) is 11.5 Å². The Kier molecular flexibility index (Phi) is 7.46. The topological polar surface area (TPSA) is 116 Å². The van der Waals surface area contributed by atoms with Crippen LogP contribution in [-0.2, 0) is 11.3 Å². The van der Waals surface area contributed by atoms with E-state index < -0.39 is 5.91 Å². The van der Waals surface area contributed by atoms with Gasteiger partial charge in [0.2, 0.25) is 5.91 Å². The third-order valence-electron chi connectivity index (χ3n) is 5.63. The van der Waals surface area contributed by atoms with Crippen LogP contribution in [0.4, 0.5) is 22.9 Å². The third kappa shape index (κ3) is 5.93. The second-order valence-corrected chi connectivity index (χ2v) is 9.25. The molecule has 2 heterocycles. The first-order chi connectivity index (χ1) is 16.4. The fraction of sp³-hybridized carbons (Fsp3) is 0.250. The number of nitrogens with two attached hydrogens (primary N) is 1. The zero-order chi connectivity index (χ0) is 24.1. The summed E-state index contributed by atoms with van der Waals surface area (Å²) < 4.78 is 1.13. The summed E-state index contributed by atoms with van der Waals surface area (Å²) in [6.45, 7) is 5.21. The van der Waals surface area contributed by atoms with Gasteiger partial charge in [-0.1, -0.05) is 12.1 Å². The van der Waals surface area contributed by atoms with Crippen LogP contribution in [0, 0.1) is 3.57 Å². The minimum Gasteiger partial charge on any atom is -0.379 e. The minimum absolute atomic E-state index is 0.0937. The van der Waals surface area contributed by atoms with Crippen molar-refractivity contribution in [2.75, 3.05) is 41.7 Å². The van der Waals surface area contributed by atoms with Crippen molar-refractivity contribution in [1.82, 2.24) is 15.1 Å². The number of carbonyl (C=O) groups is 2. The summed E-state index contributed by atoms with van der Waals surface area (Å²) in [4.78, 5) is 27.5. The fourth-order valence-corrected chi connectivity index (χ4v) is 4.40. The normalized spacial score (nSPS) is 13.5. The molecule has 0 unspecified atom stereocenters. The van der Waals surface area contributed by atoms with E-state index in [-0.39, 0.29) is 11.6 Å². The number of rotatable bonds is 7. The number of hydrogen-bond acceptors (Lipinski definition) is 7. The highest BCUT2D eigenvalue weighted by molar-refractivity contribution is 14.1. The van der Waals surface area contributed by atoms with Crippen LogP contribution in [0.1, 0.15) is 23.0 Å². The van der Waals surface area contributed by atoms with Gasteiger partial charge < -0.3 is 26.2 Å². The van der Waals surface area contributed by atoms with Crippen molar-refractivity contribution in [3.05, 3.63) is 69.4 Å². The summed E-state index contributed by atoms with van der Waals surface area (Å²) in [5, 5.41) is 14.6. The Morgan fingerprint density at radius 1 is 1.03 bits per heavy atom. The monoisotopic (exact) mass is 571 g/mol. The predicted octanol–water partition coefficient (Wildman–Crippen LogP) is 3.20. The number of primary amides is 1. The van der Waals surface area contributed by atoms with E-state index >= 15 is 0 Å². The summed E-state index contributed by atoms with van der Waals surface area (Å²) in [5.41, 5.74) is 9.13. The molecule has 1 saturated heterocycles. The van der Waals surface area contributed by atoms with Crippen LogP contribution in [0.25, 0.3) is 0 Å². The van der Waals surface area contributed by atoms with Gasteiger partial charge in [0.25, 0.3) is 5.91 Å². The van der Waals surface area contributed by atoms with Gasteiger partial charge in [0.05, 0.1) is 5.69 Å². The number of amides is 2. The maximum atomic E-state index is 11.8. The quantitative estimate of drug-likeness (QED) is 0.373. The first-order valence-corrected chi connectivity index (χ1v) is 12.0. The molecule has 9 nitrogen and oxygen atoms in total. The first-order valence-electron chi connectivity index (χ1n) is 10.9. The molecule has 4 rings (SSSR count). The van der Waals surface area contributed by atoms with Crippen molar-refractivity contribution in [3.8, 4) is 0 Å². The van der Waals surface area contributed by atoms with Gasteiger partial charge in [0, 0.05) is 60.7 Å². The lowest BCUT2D eigenvalue weighted by Crippen LogP contribution is -2.48. The molecule has 2 amide bonds. The molecule has 4 N–H and O–H groups in total. The van der Waals surface area contributed by atoms with Crippen molar-refractivity contribution in [2.24, 2.45) is 5.73 Å². The van der Waals surface area contributed by atoms with Gasteiger partial charge in [-0.05, 0) is 64.6 Å². The van der Waals surface area contributed by atoms with Crippen LogP contribution >= 0.6 is 22.6 Å². The number of piperazine rings is 1. The zero-order valence-corrected chi connectivity index (χ0v) is 20.9. The number of hydrogen-bond donors (Lipinski definition) is 3. The third-order valence-corrected chi connectivity index (χ3v) is 6.30. The Labute approximate surface area is 211 Å². The molecule has 0 saturated carbocycles. The molecule has 1 aromatic heterocycles. The van der Waals surface area contributed by atoms with Crippen molar-refractivity contribution in [1.29, 1.82) is 0 Å². The van der Waals surface area contributed by atoms with E-state index in [1.807, 2.05) is 47.4 Å². The average Bonchev–Trinajstić information content (AvgIpc) is 2.83. The molecule has 0 radical (unpaired) electrons. The van der Waals surface area contributed by atoms with Gasteiger partial charge in [-0.3, -0.25) is 9.59 Å². The van der Waals surface area contributed by atoms with E-state index in [1.54, 1.807) is 13.0 Å². The van der Waals surface area contributed by atoms with Crippen LogP contribution < -0.4 is 21.3 Å². The molecule has 2 aromatic carbocycles. The van der Waals surface area contributed by atoms with Gasteiger partial charge in [0.1, 0.15) is 0 Å². The molecule has 3 aromatic rings.